The molecule has 1 aliphatic rings. The lowest BCUT2D eigenvalue weighted by Gasteiger charge is -2.44. The van der Waals surface area contributed by atoms with E-state index in [1.807, 2.05) is 11.8 Å². The normalized spacial score (nSPS) is 28.3. The number of nitrogens with one attached hydrogen (secondary N) is 1. The topological polar surface area (TPSA) is 15.3 Å². The molecule has 0 saturated carbocycles. The minimum atomic E-state index is 0.373. The maximum absolute atomic E-state index is 3.68. The Hall–Kier alpha value is 0.270. The molecule has 2 unspecified atom stereocenters. The SMILES string of the molecule is CSCCCN1CC(C(C)(C)C)NCC1C. The van der Waals surface area contributed by atoms with Gasteiger partial charge >= 0.3 is 0 Å². The summed E-state index contributed by atoms with van der Waals surface area (Å²) in [5, 5.41) is 3.68. The van der Waals surface area contributed by atoms with Crippen molar-refractivity contribution in [2.24, 2.45) is 5.41 Å². The summed E-state index contributed by atoms with van der Waals surface area (Å²) < 4.78 is 0. The van der Waals surface area contributed by atoms with Crippen LogP contribution in [0.15, 0.2) is 0 Å². The third kappa shape index (κ3) is 4.27. The number of rotatable bonds is 4. The Labute approximate surface area is 106 Å². The summed E-state index contributed by atoms with van der Waals surface area (Å²) in [7, 11) is 0. The van der Waals surface area contributed by atoms with Crippen LogP contribution in [0.3, 0.4) is 0 Å². The average Bonchev–Trinajstić information content (AvgIpc) is 2.19. The highest BCUT2D eigenvalue weighted by atomic mass is 32.2. The summed E-state index contributed by atoms with van der Waals surface area (Å²) >= 11 is 1.96. The van der Waals surface area contributed by atoms with Crippen molar-refractivity contribution < 1.29 is 0 Å². The second-order valence-corrected chi connectivity index (χ2v) is 7.00. The van der Waals surface area contributed by atoms with E-state index < -0.39 is 0 Å². The van der Waals surface area contributed by atoms with Crippen molar-refractivity contribution in [1.82, 2.24) is 10.2 Å². The van der Waals surface area contributed by atoms with E-state index in [-0.39, 0.29) is 0 Å². The van der Waals surface area contributed by atoms with Gasteiger partial charge in [-0.15, -0.1) is 0 Å². The van der Waals surface area contributed by atoms with Gasteiger partial charge in [0.1, 0.15) is 0 Å². The van der Waals surface area contributed by atoms with Crippen LogP contribution in [0.4, 0.5) is 0 Å². The van der Waals surface area contributed by atoms with E-state index in [1.54, 1.807) is 0 Å². The van der Waals surface area contributed by atoms with Gasteiger partial charge in [-0.05, 0) is 37.3 Å². The summed E-state index contributed by atoms with van der Waals surface area (Å²) in [4.78, 5) is 2.66. The summed E-state index contributed by atoms with van der Waals surface area (Å²) in [6.45, 7) is 12.9. The Morgan fingerprint density at radius 1 is 1.38 bits per heavy atom. The van der Waals surface area contributed by atoms with Crippen LogP contribution in [-0.4, -0.2) is 48.6 Å². The van der Waals surface area contributed by atoms with Crippen molar-refractivity contribution in [2.75, 3.05) is 31.6 Å². The maximum Gasteiger partial charge on any atom is 0.0244 e. The van der Waals surface area contributed by atoms with Crippen LogP contribution in [0.5, 0.6) is 0 Å². The molecule has 0 aliphatic carbocycles. The molecule has 0 bridgehead atoms. The summed E-state index contributed by atoms with van der Waals surface area (Å²) in [6, 6.07) is 1.33. The fourth-order valence-corrected chi connectivity index (χ4v) is 2.64. The molecule has 1 rings (SSSR count). The van der Waals surface area contributed by atoms with Gasteiger partial charge in [-0.25, -0.2) is 0 Å². The van der Waals surface area contributed by atoms with Crippen LogP contribution in [-0.2, 0) is 0 Å². The number of piperazine rings is 1. The predicted molar refractivity (Wildman–Crippen MR) is 75.3 cm³/mol. The third-order valence-electron chi connectivity index (χ3n) is 3.54. The minimum absolute atomic E-state index is 0.373. The lowest BCUT2D eigenvalue weighted by atomic mass is 9.85. The van der Waals surface area contributed by atoms with Gasteiger partial charge in [0.15, 0.2) is 0 Å². The van der Waals surface area contributed by atoms with Gasteiger partial charge in [-0.3, -0.25) is 4.90 Å². The second kappa shape index (κ2) is 6.27. The van der Waals surface area contributed by atoms with Gasteiger partial charge in [0.05, 0.1) is 0 Å². The molecule has 1 saturated heterocycles. The molecule has 1 aliphatic heterocycles. The molecule has 3 heteroatoms. The molecule has 0 spiro atoms. The van der Waals surface area contributed by atoms with Crippen molar-refractivity contribution in [3.05, 3.63) is 0 Å². The molecule has 0 radical (unpaired) electrons. The second-order valence-electron chi connectivity index (χ2n) is 6.02. The standard InChI is InChI=1S/C13H28N2S/c1-11-9-14-12(13(2,3)4)10-15(11)7-6-8-16-5/h11-12,14H,6-10H2,1-5H3. The van der Waals surface area contributed by atoms with Crippen molar-refractivity contribution in [1.29, 1.82) is 0 Å². The van der Waals surface area contributed by atoms with Crippen LogP contribution >= 0.6 is 11.8 Å². The van der Waals surface area contributed by atoms with E-state index in [0.29, 0.717) is 17.5 Å². The molecule has 0 aromatic carbocycles. The highest BCUT2D eigenvalue weighted by molar-refractivity contribution is 7.98. The molecule has 0 amide bonds. The van der Waals surface area contributed by atoms with Crippen LogP contribution in [0.25, 0.3) is 0 Å². The van der Waals surface area contributed by atoms with Gasteiger partial charge in [-0.2, -0.15) is 11.8 Å². The van der Waals surface area contributed by atoms with Crippen LogP contribution in [0.2, 0.25) is 0 Å². The monoisotopic (exact) mass is 244 g/mol. The number of nitrogens with zero attached hydrogens (tertiary/aromatic N) is 1. The van der Waals surface area contributed by atoms with Crippen molar-refractivity contribution in [3.8, 4) is 0 Å². The fourth-order valence-electron chi connectivity index (χ4n) is 2.22. The molecule has 0 aromatic heterocycles. The Morgan fingerprint density at radius 3 is 2.62 bits per heavy atom. The van der Waals surface area contributed by atoms with Crippen LogP contribution in [0.1, 0.15) is 34.1 Å². The van der Waals surface area contributed by atoms with Crippen LogP contribution in [0, 0.1) is 5.41 Å². The van der Waals surface area contributed by atoms with Crippen molar-refractivity contribution in [2.45, 2.75) is 46.2 Å². The molecular weight excluding hydrogens is 216 g/mol. The Morgan fingerprint density at radius 2 is 2.06 bits per heavy atom. The molecule has 2 atom stereocenters. The van der Waals surface area contributed by atoms with Gasteiger partial charge in [-0.1, -0.05) is 20.8 Å². The third-order valence-corrected chi connectivity index (χ3v) is 4.24. The van der Waals surface area contributed by atoms with Gasteiger partial charge in [0.25, 0.3) is 0 Å². The van der Waals surface area contributed by atoms with E-state index >= 15 is 0 Å². The highest BCUT2D eigenvalue weighted by Crippen LogP contribution is 2.23. The molecule has 1 N–H and O–H groups in total. The quantitative estimate of drug-likeness (QED) is 0.765. The number of hydrogen-bond acceptors (Lipinski definition) is 3. The smallest absolute Gasteiger partial charge is 0.0244 e. The molecule has 2 nitrogen and oxygen atoms in total. The van der Waals surface area contributed by atoms with E-state index in [0.717, 1.165) is 6.54 Å². The number of thioether (sulfide) groups is 1. The lowest BCUT2D eigenvalue weighted by Crippen LogP contribution is -2.59. The van der Waals surface area contributed by atoms with Gasteiger partial charge < -0.3 is 5.32 Å². The molecular formula is C13H28N2S. The number of hydrogen-bond donors (Lipinski definition) is 1. The first kappa shape index (κ1) is 14.3. The molecule has 1 heterocycles. The fraction of sp³-hybridized carbons (Fsp3) is 1.00. The molecule has 96 valence electrons. The van der Waals surface area contributed by atoms with Crippen LogP contribution < -0.4 is 5.32 Å². The first-order valence-electron chi connectivity index (χ1n) is 6.41. The largest absolute Gasteiger partial charge is 0.311 e. The van der Waals surface area contributed by atoms with E-state index in [4.69, 9.17) is 0 Å². The average molecular weight is 244 g/mol. The van der Waals surface area contributed by atoms with E-state index in [2.05, 4.69) is 44.2 Å². The zero-order chi connectivity index (χ0) is 12.2. The lowest BCUT2D eigenvalue weighted by molar-refractivity contribution is 0.0942. The first-order valence-corrected chi connectivity index (χ1v) is 7.81. The predicted octanol–water partition coefficient (Wildman–Crippen LogP) is 2.45. The highest BCUT2D eigenvalue weighted by Gasteiger charge is 2.31. The molecule has 1 fully saturated rings. The Kier molecular flexibility index (Phi) is 5.62. The maximum atomic E-state index is 3.68. The Balaban J connectivity index is 2.42. The Bertz CT molecular complexity index is 201. The summed E-state index contributed by atoms with van der Waals surface area (Å²) in [6.07, 6.45) is 3.52. The van der Waals surface area contributed by atoms with E-state index in [9.17, 15) is 0 Å². The van der Waals surface area contributed by atoms with E-state index in [1.165, 1.54) is 25.3 Å². The van der Waals surface area contributed by atoms with Crippen molar-refractivity contribution >= 4 is 11.8 Å². The first-order chi connectivity index (χ1) is 7.45. The van der Waals surface area contributed by atoms with Gasteiger partial charge in [0.2, 0.25) is 0 Å². The molecule has 16 heavy (non-hydrogen) atoms. The minimum Gasteiger partial charge on any atom is -0.311 e. The summed E-state index contributed by atoms with van der Waals surface area (Å²) in [5.41, 5.74) is 0.373. The molecule has 0 aromatic rings. The van der Waals surface area contributed by atoms with Crippen molar-refractivity contribution in [3.63, 3.8) is 0 Å². The van der Waals surface area contributed by atoms with Gasteiger partial charge in [0, 0.05) is 25.2 Å². The summed E-state index contributed by atoms with van der Waals surface area (Å²) in [5.74, 6) is 1.29. The zero-order valence-corrected chi connectivity index (χ0v) is 12.4. The zero-order valence-electron chi connectivity index (χ0n) is 11.5.